The molecule has 6 aromatic carbocycles. The summed E-state index contributed by atoms with van der Waals surface area (Å²) in [4.78, 5) is 23.7. The third-order valence-electron chi connectivity index (χ3n) is 12.0. The van der Waals surface area contributed by atoms with Crippen molar-refractivity contribution < 1.29 is 120 Å². The zero-order valence-corrected chi connectivity index (χ0v) is 38.5. The molecule has 0 saturated heterocycles. The van der Waals surface area contributed by atoms with Crippen molar-refractivity contribution in [2.45, 2.75) is 56.0 Å². The Bertz CT molecular complexity index is 2990. The second kappa shape index (κ2) is 20.8. The van der Waals surface area contributed by atoms with E-state index in [0.717, 1.165) is 10.9 Å². The van der Waals surface area contributed by atoms with Crippen molar-refractivity contribution in [2.75, 3.05) is 0 Å². The molecular formula is C50H27BF24N2O2. The Morgan fingerprint density at radius 3 is 0.911 bits per heavy atom. The molecule has 0 unspecified atom stereocenters. The summed E-state index contributed by atoms with van der Waals surface area (Å²) in [6.07, 6.45) is -53.0. The summed E-state index contributed by atoms with van der Waals surface area (Å²) in [5.41, 5.74) is -23.0. The van der Waals surface area contributed by atoms with E-state index in [1.54, 1.807) is 24.3 Å². The van der Waals surface area contributed by atoms with E-state index in [2.05, 4.69) is 0 Å². The molecule has 79 heavy (non-hydrogen) atoms. The Kier molecular flexibility index (Phi) is 15.9. The Labute approximate surface area is 426 Å². The van der Waals surface area contributed by atoms with Crippen molar-refractivity contribution >= 4 is 50.6 Å². The largest absolute Gasteiger partial charge is 0.416 e. The fourth-order valence-electron chi connectivity index (χ4n) is 8.50. The third kappa shape index (κ3) is 13.6. The number of halogens is 24. The molecule has 0 fully saturated rings. The highest BCUT2D eigenvalue weighted by molar-refractivity contribution is 7.20. The van der Waals surface area contributed by atoms with Gasteiger partial charge in [0.2, 0.25) is 23.8 Å². The molecule has 0 radical (unpaired) electrons. The number of nitrogens with two attached hydrogens (primary N) is 1. The van der Waals surface area contributed by atoms with Crippen molar-refractivity contribution in [3.05, 3.63) is 195 Å². The normalized spacial score (nSPS) is 13.3. The van der Waals surface area contributed by atoms with E-state index in [0.29, 0.717) is 11.1 Å². The Hall–Kier alpha value is -7.75. The highest BCUT2D eigenvalue weighted by Crippen LogP contribution is 2.41. The van der Waals surface area contributed by atoms with Gasteiger partial charge in [-0.2, -0.15) is 132 Å². The van der Waals surface area contributed by atoms with E-state index in [-0.39, 0.29) is 12.3 Å². The lowest BCUT2D eigenvalue weighted by atomic mass is 9.12. The van der Waals surface area contributed by atoms with Gasteiger partial charge < -0.3 is 5.73 Å². The summed E-state index contributed by atoms with van der Waals surface area (Å²) in [7, 11) is 0. The molecule has 0 spiro atoms. The first kappa shape index (κ1) is 60.5. The number of benzene rings is 6. The van der Waals surface area contributed by atoms with Crippen LogP contribution in [0, 0.1) is 0 Å². The Morgan fingerprint density at radius 2 is 0.646 bits per heavy atom. The van der Waals surface area contributed by atoms with Crippen molar-refractivity contribution in [1.29, 1.82) is 0 Å². The molecule has 29 heteroatoms. The number of rotatable bonds is 8. The lowest BCUT2D eigenvalue weighted by molar-refractivity contribution is -0.657. The maximum Gasteiger partial charge on any atom is 0.416 e. The van der Waals surface area contributed by atoms with Gasteiger partial charge in [-0.05, 0) is 42.5 Å². The van der Waals surface area contributed by atoms with Gasteiger partial charge in [0.1, 0.15) is 6.15 Å². The van der Waals surface area contributed by atoms with Crippen LogP contribution in [-0.2, 0) is 56.0 Å². The lowest BCUT2D eigenvalue weighted by Crippen LogP contribution is -2.75. The molecule has 420 valence electrons. The van der Waals surface area contributed by atoms with Gasteiger partial charge in [-0.3, -0.25) is 9.59 Å². The number of carbonyl (C=O) groups excluding carboxylic acids is 2. The van der Waals surface area contributed by atoms with Crippen LogP contribution in [0.5, 0.6) is 0 Å². The average molecular weight is 1150 g/mol. The van der Waals surface area contributed by atoms with Crippen LogP contribution < -0.4 is 32.2 Å². The van der Waals surface area contributed by atoms with Crippen LogP contribution in [0.3, 0.4) is 0 Å². The van der Waals surface area contributed by atoms with Gasteiger partial charge in [-0.15, -0.1) is 0 Å². The van der Waals surface area contributed by atoms with Crippen LogP contribution in [0.15, 0.2) is 140 Å². The molecule has 0 bridgehead atoms. The number of aromatic nitrogens is 1. The number of nitrogens with zero attached hydrogens (tertiary/aromatic N) is 1. The smallest absolute Gasteiger partial charge is 0.366 e. The number of Topliss-reactive ketones (excluding diaryl/α,β-unsaturated/α-hetero) is 1. The van der Waals surface area contributed by atoms with E-state index >= 15 is 0 Å². The average Bonchev–Trinajstić information content (AvgIpc) is 3.53. The predicted molar refractivity (Wildman–Crippen MR) is 234 cm³/mol. The van der Waals surface area contributed by atoms with Crippen LogP contribution in [-0.4, -0.2) is 17.8 Å². The van der Waals surface area contributed by atoms with Gasteiger partial charge in [0.15, 0.2) is 6.20 Å². The standard InChI is InChI=1S/C32H12BF24.C18H14N2O2/c34-25(35,36)13-1-14(26(37,38)39)6-21(5-13)33(22-7-15(27(40,41)42)2-16(8-22)28(43,44)45,23-9-17(29(46,47)48)3-18(10-23)30(49,50)51)24-11-19(31(52,53)54)4-20(12-24)32(55,56)57;19-18(22)15-9-8-13-7-4-10-20(16(13)11-15)12-17(21)14-5-2-1-3-6-14/h1-12H;1-11H,12H2,(H-,19,22)/q-1;/p+1. The van der Waals surface area contributed by atoms with Crippen LogP contribution >= 0.6 is 0 Å². The lowest BCUT2D eigenvalue weighted by Gasteiger charge is -2.46. The van der Waals surface area contributed by atoms with Crippen molar-refractivity contribution in [2.24, 2.45) is 5.73 Å². The summed E-state index contributed by atoms with van der Waals surface area (Å²) < 4.78 is 343. The summed E-state index contributed by atoms with van der Waals surface area (Å²) in [5.74, 6) is -0.464. The second-order valence-corrected chi connectivity index (χ2v) is 17.3. The number of hydrogen-bond acceptors (Lipinski definition) is 2. The minimum absolute atomic E-state index is 0.0163. The molecule has 4 nitrogen and oxygen atoms in total. The Balaban J connectivity index is 0.000000378. The minimum Gasteiger partial charge on any atom is -0.366 e. The number of ketones is 1. The molecule has 0 saturated carbocycles. The number of hydrogen-bond donors (Lipinski definition) is 1. The van der Waals surface area contributed by atoms with Crippen LogP contribution in [0.2, 0.25) is 0 Å². The number of alkyl halides is 24. The van der Waals surface area contributed by atoms with Crippen LogP contribution in [0.25, 0.3) is 10.9 Å². The first-order valence-corrected chi connectivity index (χ1v) is 21.6. The van der Waals surface area contributed by atoms with E-state index in [4.69, 9.17) is 5.73 Å². The Morgan fingerprint density at radius 1 is 0.354 bits per heavy atom. The maximum atomic E-state index is 14.2. The van der Waals surface area contributed by atoms with Crippen LogP contribution in [0.1, 0.15) is 65.2 Å². The van der Waals surface area contributed by atoms with Gasteiger partial charge in [0, 0.05) is 28.6 Å². The first-order chi connectivity index (χ1) is 35.9. The number of pyridine rings is 1. The number of carbonyl (C=O) groups is 2. The van der Waals surface area contributed by atoms with E-state index in [1.165, 1.54) is 0 Å². The molecule has 0 aliphatic rings. The monoisotopic (exact) mass is 1150 g/mol. The molecule has 0 aliphatic carbocycles. The molecule has 2 N–H and O–H groups in total. The quantitative estimate of drug-likeness (QED) is 0.0713. The van der Waals surface area contributed by atoms with E-state index in [9.17, 15) is 115 Å². The van der Waals surface area contributed by atoms with E-state index < -0.39 is 201 Å². The SMILES string of the molecule is FC(F)(F)c1cc([B-](c2cc(C(F)(F)F)cc(C(F)(F)F)c2)(c2cc(C(F)(F)F)cc(C(F)(F)F)c2)c2cc(C(F)(F)F)cc(C(F)(F)F)c2)cc(C(F)(F)F)c1.NC(=O)c1ccc2ccc[n+](CC(=O)c3ccccc3)c2c1. The first-order valence-electron chi connectivity index (χ1n) is 21.6. The molecule has 1 heterocycles. The topological polar surface area (TPSA) is 64.0 Å². The zero-order valence-electron chi connectivity index (χ0n) is 38.5. The predicted octanol–water partition coefficient (Wildman–Crippen LogP) is 13.3. The molecular weight excluding hydrogens is 1130 g/mol. The zero-order chi connectivity index (χ0) is 59.4. The van der Waals surface area contributed by atoms with Gasteiger partial charge in [0.25, 0.3) is 0 Å². The fourth-order valence-corrected chi connectivity index (χ4v) is 8.50. The summed E-state index contributed by atoms with van der Waals surface area (Å²) >= 11 is 0. The highest BCUT2D eigenvalue weighted by Gasteiger charge is 2.47. The van der Waals surface area contributed by atoms with Crippen molar-refractivity contribution in [3.63, 3.8) is 0 Å². The molecule has 7 rings (SSSR count). The number of amides is 1. The van der Waals surface area contributed by atoms with Gasteiger partial charge >= 0.3 is 49.4 Å². The summed E-state index contributed by atoms with van der Waals surface area (Å²) in [5, 5.41) is 0.952. The van der Waals surface area contributed by atoms with Gasteiger partial charge in [0.05, 0.1) is 44.5 Å². The van der Waals surface area contributed by atoms with Crippen molar-refractivity contribution in [3.8, 4) is 0 Å². The second-order valence-electron chi connectivity index (χ2n) is 17.3. The molecule has 7 aromatic rings. The van der Waals surface area contributed by atoms with E-state index in [1.807, 2.05) is 47.2 Å². The fraction of sp³-hybridized carbons (Fsp3) is 0.180. The molecule has 0 aliphatic heterocycles. The molecule has 1 amide bonds. The summed E-state index contributed by atoms with van der Waals surface area (Å²) in [6, 6.07) is 9.39. The number of primary amides is 1. The molecule has 0 atom stereocenters. The maximum absolute atomic E-state index is 14.2. The molecule has 1 aromatic heterocycles. The third-order valence-corrected chi connectivity index (χ3v) is 12.0. The minimum atomic E-state index is -6.13. The van der Waals surface area contributed by atoms with Gasteiger partial charge in [-0.25, -0.2) is 0 Å². The summed E-state index contributed by atoms with van der Waals surface area (Å²) in [6.45, 7) is 0.212. The highest BCUT2D eigenvalue weighted by atomic mass is 19.4. The van der Waals surface area contributed by atoms with Crippen molar-refractivity contribution in [1.82, 2.24) is 0 Å². The van der Waals surface area contributed by atoms with Gasteiger partial charge in [-0.1, -0.05) is 78.9 Å². The van der Waals surface area contributed by atoms with Crippen LogP contribution in [0.4, 0.5) is 105 Å². The number of fused-ring (bicyclic) bond motifs is 1.